The van der Waals surface area contributed by atoms with Crippen LogP contribution < -0.4 is 0 Å². The highest BCUT2D eigenvalue weighted by molar-refractivity contribution is 5.76. The first-order chi connectivity index (χ1) is 11.3. The van der Waals surface area contributed by atoms with Gasteiger partial charge in [-0.1, -0.05) is 26.2 Å². The molecule has 2 aliphatic rings. The predicted molar refractivity (Wildman–Crippen MR) is 90.3 cm³/mol. The molecule has 0 radical (unpaired) electrons. The molecule has 1 amide bonds. The van der Waals surface area contributed by atoms with Gasteiger partial charge in [-0.3, -0.25) is 4.79 Å². The van der Waals surface area contributed by atoms with Gasteiger partial charge in [-0.25, -0.2) is 0 Å². The SMILES string of the molecule is CCCCCC(=O)N1CCCC(c2nnc3n2CCCCC3)C1. The van der Waals surface area contributed by atoms with Crippen LogP contribution in [-0.4, -0.2) is 38.7 Å². The van der Waals surface area contributed by atoms with E-state index in [4.69, 9.17) is 0 Å². The van der Waals surface area contributed by atoms with Gasteiger partial charge in [0.25, 0.3) is 0 Å². The maximum Gasteiger partial charge on any atom is 0.222 e. The molecule has 23 heavy (non-hydrogen) atoms. The van der Waals surface area contributed by atoms with E-state index in [0.717, 1.165) is 63.4 Å². The minimum atomic E-state index is 0.332. The van der Waals surface area contributed by atoms with E-state index in [-0.39, 0.29) is 0 Å². The summed E-state index contributed by atoms with van der Waals surface area (Å²) >= 11 is 0. The zero-order chi connectivity index (χ0) is 16.1. The lowest BCUT2D eigenvalue weighted by molar-refractivity contribution is -0.132. The summed E-state index contributed by atoms with van der Waals surface area (Å²) in [5.41, 5.74) is 0. The van der Waals surface area contributed by atoms with E-state index in [9.17, 15) is 4.79 Å². The van der Waals surface area contributed by atoms with Crippen molar-refractivity contribution in [2.75, 3.05) is 13.1 Å². The third-order valence-electron chi connectivity index (χ3n) is 5.27. The normalized spacial score (nSPS) is 21.8. The maximum absolute atomic E-state index is 12.4. The molecule has 1 atom stereocenters. The van der Waals surface area contributed by atoms with E-state index in [1.54, 1.807) is 0 Å². The van der Waals surface area contributed by atoms with Crippen LogP contribution in [-0.2, 0) is 17.8 Å². The second kappa shape index (κ2) is 7.93. The van der Waals surface area contributed by atoms with E-state index < -0.39 is 0 Å². The zero-order valence-corrected chi connectivity index (χ0v) is 14.5. The fraction of sp³-hybridized carbons (Fsp3) is 0.833. The largest absolute Gasteiger partial charge is 0.342 e. The Kier molecular flexibility index (Phi) is 5.68. The molecule has 0 spiro atoms. The number of nitrogens with zero attached hydrogens (tertiary/aromatic N) is 4. The lowest BCUT2D eigenvalue weighted by atomic mass is 9.96. The average molecular weight is 318 g/mol. The number of hydrogen-bond donors (Lipinski definition) is 0. The fourth-order valence-corrected chi connectivity index (χ4v) is 3.91. The number of fused-ring (bicyclic) bond motifs is 1. The number of aryl methyl sites for hydroxylation is 1. The van der Waals surface area contributed by atoms with Gasteiger partial charge in [-0.2, -0.15) is 0 Å². The van der Waals surface area contributed by atoms with E-state index in [0.29, 0.717) is 18.2 Å². The van der Waals surface area contributed by atoms with Gasteiger partial charge in [0.05, 0.1) is 0 Å². The molecular weight excluding hydrogens is 288 g/mol. The van der Waals surface area contributed by atoms with Crippen LogP contribution in [0.2, 0.25) is 0 Å². The molecule has 1 unspecified atom stereocenters. The Hall–Kier alpha value is -1.39. The van der Waals surface area contributed by atoms with Crippen molar-refractivity contribution < 1.29 is 4.79 Å². The number of amides is 1. The van der Waals surface area contributed by atoms with E-state index >= 15 is 0 Å². The molecule has 0 bridgehead atoms. The number of hydrogen-bond acceptors (Lipinski definition) is 3. The van der Waals surface area contributed by atoms with Gasteiger partial charge in [-0.05, 0) is 32.1 Å². The number of piperidine rings is 1. The monoisotopic (exact) mass is 318 g/mol. The first kappa shape index (κ1) is 16.5. The maximum atomic E-state index is 12.4. The van der Waals surface area contributed by atoms with Crippen LogP contribution in [0.5, 0.6) is 0 Å². The predicted octanol–water partition coefficient (Wildman–Crippen LogP) is 3.29. The highest BCUT2D eigenvalue weighted by Gasteiger charge is 2.29. The smallest absolute Gasteiger partial charge is 0.222 e. The Labute approximate surface area is 139 Å². The van der Waals surface area contributed by atoms with Gasteiger partial charge < -0.3 is 9.47 Å². The van der Waals surface area contributed by atoms with Crippen LogP contribution in [0.4, 0.5) is 0 Å². The molecule has 0 aliphatic carbocycles. The van der Waals surface area contributed by atoms with Crippen LogP contribution in [0.15, 0.2) is 0 Å². The molecule has 0 N–H and O–H groups in total. The summed E-state index contributed by atoms with van der Waals surface area (Å²) < 4.78 is 2.35. The molecule has 0 saturated carbocycles. The second-order valence-corrected chi connectivity index (χ2v) is 7.07. The second-order valence-electron chi connectivity index (χ2n) is 7.07. The molecule has 2 aliphatic heterocycles. The van der Waals surface area contributed by atoms with Crippen molar-refractivity contribution in [2.24, 2.45) is 0 Å². The zero-order valence-electron chi connectivity index (χ0n) is 14.5. The molecule has 1 aromatic heterocycles. The molecule has 1 saturated heterocycles. The molecule has 128 valence electrons. The summed E-state index contributed by atoms with van der Waals surface area (Å²) in [4.78, 5) is 14.5. The van der Waals surface area contributed by atoms with Gasteiger partial charge in [-0.15, -0.1) is 10.2 Å². The molecule has 1 fully saturated rings. The Morgan fingerprint density at radius 1 is 1.13 bits per heavy atom. The van der Waals surface area contributed by atoms with E-state index in [1.165, 1.54) is 25.7 Å². The Bertz CT molecular complexity index is 525. The van der Waals surface area contributed by atoms with Crippen molar-refractivity contribution in [1.82, 2.24) is 19.7 Å². The van der Waals surface area contributed by atoms with E-state index in [2.05, 4.69) is 26.6 Å². The summed E-state index contributed by atoms with van der Waals surface area (Å²) in [5, 5.41) is 8.94. The number of unbranched alkanes of at least 4 members (excludes halogenated alkanes) is 2. The van der Waals surface area contributed by atoms with Crippen molar-refractivity contribution in [3.05, 3.63) is 11.6 Å². The first-order valence-corrected chi connectivity index (χ1v) is 9.49. The summed E-state index contributed by atoms with van der Waals surface area (Å²) in [6.45, 7) is 4.99. The lowest BCUT2D eigenvalue weighted by Crippen LogP contribution is -2.39. The van der Waals surface area contributed by atoms with E-state index in [1.807, 2.05) is 0 Å². The molecule has 0 aromatic carbocycles. The summed E-state index contributed by atoms with van der Waals surface area (Å²) in [6.07, 6.45) is 11.1. The topological polar surface area (TPSA) is 51.0 Å². The van der Waals surface area contributed by atoms with Crippen LogP contribution in [0.3, 0.4) is 0 Å². The minimum Gasteiger partial charge on any atom is -0.342 e. The Morgan fingerprint density at radius 2 is 2.04 bits per heavy atom. The number of aromatic nitrogens is 3. The average Bonchev–Trinajstić information content (AvgIpc) is 2.84. The summed E-state index contributed by atoms with van der Waals surface area (Å²) in [5.74, 6) is 2.99. The van der Waals surface area contributed by atoms with Crippen molar-refractivity contribution in [2.45, 2.75) is 83.6 Å². The number of rotatable bonds is 5. The third kappa shape index (κ3) is 3.93. The number of likely N-dealkylation sites (tertiary alicyclic amines) is 1. The Balaban J connectivity index is 1.64. The van der Waals surface area contributed by atoms with Crippen molar-refractivity contribution in [1.29, 1.82) is 0 Å². The Morgan fingerprint density at radius 3 is 2.91 bits per heavy atom. The quantitative estimate of drug-likeness (QED) is 0.783. The highest BCUT2D eigenvalue weighted by atomic mass is 16.2. The first-order valence-electron chi connectivity index (χ1n) is 9.49. The molecule has 5 heteroatoms. The fourth-order valence-electron chi connectivity index (χ4n) is 3.91. The van der Waals surface area contributed by atoms with Gasteiger partial charge in [0, 0.05) is 38.4 Å². The summed E-state index contributed by atoms with van der Waals surface area (Å²) in [7, 11) is 0. The lowest BCUT2D eigenvalue weighted by Gasteiger charge is -2.32. The molecular formula is C18H30N4O. The van der Waals surface area contributed by atoms with Crippen LogP contribution >= 0.6 is 0 Å². The third-order valence-corrected chi connectivity index (χ3v) is 5.27. The minimum absolute atomic E-state index is 0.332. The van der Waals surface area contributed by atoms with Crippen molar-refractivity contribution >= 4 is 5.91 Å². The van der Waals surface area contributed by atoms with Crippen molar-refractivity contribution in [3.8, 4) is 0 Å². The van der Waals surface area contributed by atoms with Crippen LogP contribution in [0.25, 0.3) is 0 Å². The van der Waals surface area contributed by atoms with Crippen LogP contribution in [0, 0.1) is 0 Å². The molecule has 5 nitrogen and oxygen atoms in total. The van der Waals surface area contributed by atoms with Crippen LogP contribution in [0.1, 0.15) is 82.3 Å². The molecule has 3 rings (SSSR count). The highest BCUT2D eigenvalue weighted by Crippen LogP contribution is 2.28. The van der Waals surface area contributed by atoms with Gasteiger partial charge in [0.15, 0.2) is 0 Å². The number of carbonyl (C=O) groups excluding carboxylic acids is 1. The number of carbonyl (C=O) groups is 1. The standard InChI is InChI=1S/C18H30N4O/c1-2-3-5-11-17(23)21-12-8-9-15(14-21)18-20-19-16-10-6-4-7-13-22(16)18/h15H,2-14H2,1H3. The van der Waals surface area contributed by atoms with Crippen molar-refractivity contribution in [3.63, 3.8) is 0 Å². The molecule has 3 heterocycles. The van der Waals surface area contributed by atoms with Gasteiger partial charge in [0.1, 0.15) is 11.6 Å². The summed E-state index contributed by atoms with van der Waals surface area (Å²) in [6, 6.07) is 0. The van der Waals surface area contributed by atoms with Gasteiger partial charge in [0.2, 0.25) is 5.91 Å². The van der Waals surface area contributed by atoms with Gasteiger partial charge >= 0.3 is 0 Å². The molecule has 1 aromatic rings.